The zero-order valence-corrected chi connectivity index (χ0v) is 12.2. The first-order valence-electron chi connectivity index (χ1n) is 7.60. The van der Waals surface area contributed by atoms with E-state index < -0.39 is 0 Å². The van der Waals surface area contributed by atoms with Crippen LogP contribution < -0.4 is 0 Å². The van der Waals surface area contributed by atoms with Crippen LogP contribution in [0.2, 0.25) is 0 Å². The van der Waals surface area contributed by atoms with Gasteiger partial charge in [0.2, 0.25) is 0 Å². The second-order valence-corrected chi connectivity index (χ2v) is 5.52. The van der Waals surface area contributed by atoms with E-state index in [2.05, 4.69) is 90.0 Å². The van der Waals surface area contributed by atoms with Crippen LogP contribution >= 0.6 is 0 Å². The van der Waals surface area contributed by atoms with Gasteiger partial charge < -0.3 is 4.90 Å². The highest BCUT2D eigenvalue weighted by atomic mass is 15.1. The molecule has 1 atom stereocenters. The quantitative estimate of drug-likeness (QED) is 0.779. The molecule has 0 bridgehead atoms. The second kappa shape index (κ2) is 6.94. The summed E-state index contributed by atoms with van der Waals surface area (Å²) in [7, 11) is 0. The molecule has 0 fully saturated rings. The van der Waals surface area contributed by atoms with Crippen molar-refractivity contribution in [2.45, 2.75) is 13.0 Å². The van der Waals surface area contributed by atoms with Crippen molar-refractivity contribution in [3.63, 3.8) is 0 Å². The Balaban J connectivity index is 1.56. The first kappa shape index (κ1) is 13.7. The lowest BCUT2D eigenvalue weighted by molar-refractivity contribution is 0.332. The molecular weight excluding hydrogens is 254 g/mol. The van der Waals surface area contributed by atoms with Crippen molar-refractivity contribution in [3.8, 4) is 0 Å². The maximum atomic E-state index is 2.39. The topological polar surface area (TPSA) is 3.24 Å². The highest BCUT2D eigenvalue weighted by Crippen LogP contribution is 2.18. The third kappa shape index (κ3) is 4.09. The lowest BCUT2D eigenvalue weighted by Crippen LogP contribution is -2.23. The smallest absolute Gasteiger partial charge is 0.0423 e. The number of nitrogens with zero attached hydrogens (tertiary/aromatic N) is 1. The average molecular weight is 275 g/mol. The lowest BCUT2D eigenvalue weighted by Gasteiger charge is -2.26. The largest absolute Gasteiger partial charge is 0.373 e. The Kier molecular flexibility index (Phi) is 4.52. The molecular formula is C20H21N. The third-order valence-electron chi connectivity index (χ3n) is 3.86. The van der Waals surface area contributed by atoms with Gasteiger partial charge in [-0.05, 0) is 29.7 Å². The monoisotopic (exact) mass is 275 g/mol. The number of hydrogen-bond donors (Lipinski definition) is 0. The van der Waals surface area contributed by atoms with Gasteiger partial charge in [-0.1, -0.05) is 78.9 Å². The van der Waals surface area contributed by atoms with Crippen LogP contribution in [0.1, 0.15) is 17.5 Å². The molecule has 1 aliphatic rings. The molecule has 2 aromatic rings. The van der Waals surface area contributed by atoms with Gasteiger partial charge >= 0.3 is 0 Å². The average Bonchev–Trinajstić information content (AvgIpc) is 2.56. The van der Waals surface area contributed by atoms with Gasteiger partial charge in [0, 0.05) is 13.1 Å². The van der Waals surface area contributed by atoms with Crippen LogP contribution in [0.25, 0.3) is 6.08 Å². The van der Waals surface area contributed by atoms with Crippen LogP contribution in [0.5, 0.6) is 0 Å². The molecule has 0 saturated heterocycles. The summed E-state index contributed by atoms with van der Waals surface area (Å²) in [6.45, 7) is 2.13. The van der Waals surface area contributed by atoms with Crippen molar-refractivity contribution < 1.29 is 0 Å². The van der Waals surface area contributed by atoms with Gasteiger partial charge in [-0.25, -0.2) is 0 Å². The van der Waals surface area contributed by atoms with Gasteiger partial charge in [-0.3, -0.25) is 0 Å². The number of rotatable bonds is 4. The molecule has 0 amide bonds. The van der Waals surface area contributed by atoms with E-state index in [9.17, 15) is 0 Å². The summed E-state index contributed by atoms with van der Waals surface area (Å²) in [5, 5.41) is 0. The standard InChI is InChI=1S/C20H21N/c1-3-7-18(8-4-1)11-12-19-13-15-21(16-14-19)17-20-9-5-2-6-10-20/h1-13,15,19H,14,16-17H2/b12-11+. The van der Waals surface area contributed by atoms with Crippen molar-refractivity contribution in [1.82, 2.24) is 4.90 Å². The molecule has 2 aromatic carbocycles. The molecule has 0 radical (unpaired) electrons. The molecule has 1 heteroatoms. The Labute approximate surface area is 127 Å². The van der Waals surface area contributed by atoms with Crippen molar-refractivity contribution in [2.75, 3.05) is 6.54 Å². The first-order valence-corrected chi connectivity index (χ1v) is 7.60. The van der Waals surface area contributed by atoms with E-state index in [1.165, 1.54) is 17.5 Å². The van der Waals surface area contributed by atoms with E-state index in [0.29, 0.717) is 5.92 Å². The minimum absolute atomic E-state index is 0.553. The molecule has 0 N–H and O–H groups in total. The fourth-order valence-electron chi connectivity index (χ4n) is 2.63. The molecule has 0 saturated carbocycles. The molecule has 3 rings (SSSR count). The van der Waals surface area contributed by atoms with E-state index in [-0.39, 0.29) is 0 Å². The fourth-order valence-corrected chi connectivity index (χ4v) is 2.63. The normalized spacial score (nSPS) is 18.3. The van der Waals surface area contributed by atoms with Crippen molar-refractivity contribution in [3.05, 3.63) is 90.1 Å². The maximum absolute atomic E-state index is 2.39. The van der Waals surface area contributed by atoms with Gasteiger partial charge in [0.15, 0.2) is 0 Å². The van der Waals surface area contributed by atoms with Crippen molar-refractivity contribution in [2.24, 2.45) is 5.92 Å². The van der Waals surface area contributed by atoms with Gasteiger partial charge in [0.25, 0.3) is 0 Å². The summed E-state index contributed by atoms with van der Waals surface area (Å²) >= 11 is 0. The Morgan fingerprint density at radius 1 is 0.952 bits per heavy atom. The van der Waals surface area contributed by atoms with Crippen LogP contribution in [0.4, 0.5) is 0 Å². The van der Waals surface area contributed by atoms with Crippen LogP contribution in [-0.2, 0) is 6.54 Å². The molecule has 1 nitrogen and oxygen atoms in total. The van der Waals surface area contributed by atoms with Crippen LogP contribution in [0, 0.1) is 5.92 Å². The minimum Gasteiger partial charge on any atom is -0.373 e. The third-order valence-corrected chi connectivity index (χ3v) is 3.86. The molecule has 0 spiro atoms. The van der Waals surface area contributed by atoms with Gasteiger partial charge in [-0.2, -0.15) is 0 Å². The molecule has 21 heavy (non-hydrogen) atoms. The van der Waals surface area contributed by atoms with Crippen molar-refractivity contribution >= 4 is 6.08 Å². The second-order valence-electron chi connectivity index (χ2n) is 5.52. The summed E-state index contributed by atoms with van der Waals surface area (Å²) in [5.41, 5.74) is 2.65. The molecule has 0 aromatic heterocycles. The van der Waals surface area contributed by atoms with Crippen LogP contribution in [-0.4, -0.2) is 11.4 Å². The number of hydrogen-bond acceptors (Lipinski definition) is 1. The van der Waals surface area contributed by atoms with E-state index >= 15 is 0 Å². The highest BCUT2D eigenvalue weighted by molar-refractivity contribution is 5.49. The van der Waals surface area contributed by atoms with E-state index in [4.69, 9.17) is 0 Å². The van der Waals surface area contributed by atoms with Crippen LogP contribution in [0.15, 0.2) is 79.0 Å². The molecule has 106 valence electrons. The predicted octanol–water partition coefficient (Wildman–Crippen LogP) is 4.74. The zero-order valence-electron chi connectivity index (χ0n) is 12.2. The van der Waals surface area contributed by atoms with Gasteiger partial charge in [-0.15, -0.1) is 0 Å². The van der Waals surface area contributed by atoms with Crippen LogP contribution in [0.3, 0.4) is 0 Å². The van der Waals surface area contributed by atoms with Crippen molar-refractivity contribution in [1.29, 1.82) is 0 Å². The summed E-state index contributed by atoms with van der Waals surface area (Å²) in [4.78, 5) is 2.39. The fraction of sp³-hybridized carbons (Fsp3) is 0.200. The Hall–Kier alpha value is -2.28. The highest BCUT2D eigenvalue weighted by Gasteiger charge is 2.10. The van der Waals surface area contributed by atoms with E-state index in [1.54, 1.807) is 0 Å². The molecule has 1 aliphatic heterocycles. The summed E-state index contributed by atoms with van der Waals surface area (Å²) in [5.74, 6) is 0.553. The summed E-state index contributed by atoms with van der Waals surface area (Å²) in [6, 6.07) is 21.2. The molecule has 1 heterocycles. The lowest BCUT2D eigenvalue weighted by atomic mass is 10.0. The maximum Gasteiger partial charge on any atom is 0.0423 e. The summed E-state index contributed by atoms with van der Waals surface area (Å²) < 4.78 is 0. The predicted molar refractivity (Wildman–Crippen MR) is 89.6 cm³/mol. The van der Waals surface area contributed by atoms with Gasteiger partial charge in [0.1, 0.15) is 0 Å². The molecule has 1 unspecified atom stereocenters. The Bertz CT molecular complexity index is 598. The minimum atomic E-state index is 0.553. The van der Waals surface area contributed by atoms with E-state index in [0.717, 1.165) is 13.1 Å². The first-order chi connectivity index (χ1) is 10.4. The SMILES string of the molecule is C1=CN(Cc2ccccc2)CCC1/C=C/c1ccccc1. The summed E-state index contributed by atoms with van der Waals surface area (Å²) in [6.07, 6.45) is 10.3. The Morgan fingerprint density at radius 2 is 1.67 bits per heavy atom. The van der Waals surface area contributed by atoms with Gasteiger partial charge in [0.05, 0.1) is 0 Å². The number of benzene rings is 2. The molecule has 0 aliphatic carbocycles. The Morgan fingerprint density at radius 3 is 2.33 bits per heavy atom. The van der Waals surface area contributed by atoms with E-state index in [1.807, 2.05) is 0 Å². The number of allylic oxidation sites excluding steroid dienone is 2. The zero-order chi connectivity index (χ0) is 14.3.